The standard InChI is InChI=1S/C10H18N2O5S/c1-7(10(14)17-2)12-9(13)5-8-6-18(15,16)4-3-11-8/h7-8,11H,3-6H2,1-2H3,(H,12,13). The van der Waals surface area contributed by atoms with Gasteiger partial charge in [0.1, 0.15) is 6.04 Å². The van der Waals surface area contributed by atoms with Gasteiger partial charge in [-0.2, -0.15) is 0 Å². The zero-order valence-corrected chi connectivity index (χ0v) is 11.2. The lowest BCUT2D eigenvalue weighted by Crippen LogP contribution is -2.48. The van der Waals surface area contributed by atoms with Gasteiger partial charge in [-0.3, -0.25) is 4.79 Å². The summed E-state index contributed by atoms with van der Waals surface area (Å²) in [4.78, 5) is 22.7. The first-order valence-electron chi connectivity index (χ1n) is 5.65. The maximum atomic E-state index is 11.6. The molecule has 18 heavy (non-hydrogen) atoms. The molecule has 2 atom stereocenters. The highest BCUT2D eigenvalue weighted by Gasteiger charge is 2.26. The number of ether oxygens (including phenoxy) is 1. The molecule has 0 saturated carbocycles. The number of rotatable bonds is 4. The van der Waals surface area contributed by atoms with E-state index >= 15 is 0 Å². The molecule has 0 bridgehead atoms. The molecule has 0 spiro atoms. The van der Waals surface area contributed by atoms with Crippen molar-refractivity contribution in [2.75, 3.05) is 25.2 Å². The molecular weight excluding hydrogens is 260 g/mol. The molecule has 1 amide bonds. The Bertz CT molecular complexity index is 420. The summed E-state index contributed by atoms with van der Waals surface area (Å²) in [7, 11) is -1.82. The first kappa shape index (κ1) is 14.9. The van der Waals surface area contributed by atoms with E-state index in [9.17, 15) is 18.0 Å². The molecule has 1 aliphatic rings. The third-order valence-corrected chi connectivity index (χ3v) is 4.40. The smallest absolute Gasteiger partial charge is 0.328 e. The highest BCUT2D eigenvalue weighted by molar-refractivity contribution is 7.91. The SMILES string of the molecule is COC(=O)C(C)NC(=O)CC1CS(=O)(=O)CCN1. The molecule has 7 nitrogen and oxygen atoms in total. The van der Waals surface area contributed by atoms with Gasteiger partial charge in [-0.15, -0.1) is 0 Å². The minimum absolute atomic E-state index is 0.0283. The average molecular weight is 278 g/mol. The van der Waals surface area contributed by atoms with Crippen LogP contribution in [0.3, 0.4) is 0 Å². The van der Waals surface area contributed by atoms with Crippen LogP contribution in [0.15, 0.2) is 0 Å². The summed E-state index contributed by atoms with van der Waals surface area (Å²) in [5, 5.41) is 5.42. The molecule has 2 unspecified atom stereocenters. The average Bonchev–Trinajstić information content (AvgIpc) is 2.26. The largest absolute Gasteiger partial charge is 0.467 e. The van der Waals surface area contributed by atoms with Gasteiger partial charge >= 0.3 is 5.97 Å². The van der Waals surface area contributed by atoms with Crippen LogP contribution >= 0.6 is 0 Å². The molecule has 0 aromatic heterocycles. The van der Waals surface area contributed by atoms with Crippen LogP contribution < -0.4 is 10.6 Å². The number of sulfone groups is 1. The molecule has 104 valence electrons. The fraction of sp³-hybridized carbons (Fsp3) is 0.800. The zero-order valence-electron chi connectivity index (χ0n) is 10.4. The van der Waals surface area contributed by atoms with Crippen molar-refractivity contribution in [1.82, 2.24) is 10.6 Å². The minimum atomic E-state index is -3.06. The van der Waals surface area contributed by atoms with Crippen LogP contribution in [0.2, 0.25) is 0 Å². The number of carbonyl (C=O) groups excluding carboxylic acids is 2. The van der Waals surface area contributed by atoms with Gasteiger partial charge in [0.2, 0.25) is 5.91 Å². The summed E-state index contributed by atoms with van der Waals surface area (Å²) in [5.41, 5.74) is 0. The second kappa shape index (κ2) is 6.14. The lowest BCUT2D eigenvalue weighted by Gasteiger charge is -2.23. The molecular formula is C10H18N2O5S. The molecule has 0 aromatic carbocycles. The van der Waals surface area contributed by atoms with Gasteiger partial charge in [0.05, 0.1) is 18.6 Å². The van der Waals surface area contributed by atoms with Crippen LogP contribution in [0.5, 0.6) is 0 Å². The highest BCUT2D eigenvalue weighted by Crippen LogP contribution is 2.05. The third kappa shape index (κ3) is 4.61. The predicted octanol–water partition coefficient (Wildman–Crippen LogP) is -1.56. The molecule has 1 aliphatic heterocycles. The first-order valence-corrected chi connectivity index (χ1v) is 7.47. The molecule has 1 saturated heterocycles. The highest BCUT2D eigenvalue weighted by atomic mass is 32.2. The van der Waals surface area contributed by atoms with Crippen LogP contribution in [0, 0.1) is 0 Å². The lowest BCUT2D eigenvalue weighted by molar-refractivity contribution is -0.144. The fourth-order valence-corrected chi connectivity index (χ4v) is 3.20. The second-order valence-corrected chi connectivity index (χ2v) is 6.51. The Hall–Kier alpha value is -1.15. The Labute approximate surface area is 106 Å². The Morgan fingerprint density at radius 2 is 2.17 bits per heavy atom. The lowest BCUT2D eigenvalue weighted by atomic mass is 10.2. The zero-order chi connectivity index (χ0) is 13.8. The van der Waals surface area contributed by atoms with Crippen LogP contribution in [-0.4, -0.2) is 57.5 Å². The monoisotopic (exact) mass is 278 g/mol. The Kier molecular flexibility index (Phi) is 5.09. The number of amides is 1. The maximum Gasteiger partial charge on any atom is 0.328 e. The number of methoxy groups -OCH3 is 1. The first-order chi connectivity index (χ1) is 8.34. The van der Waals surface area contributed by atoms with E-state index in [1.807, 2.05) is 0 Å². The quantitative estimate of drug-likeness (QED) is 0.603. The van der Waals surface area contributed by atoms with Gasteiger partial charge in [-0.05, 0) is 6.92 Å². The van der Waals surface area contributed by atoms with Crippen LogP contribution in [0.25, 0.3) is 0 Å². The molecule has 1 rings (SSSR count). The summed E-state index contributed by atoms with van der Waals surface area (Å²) in [6.45, 7) is 1.86. The molecule has 2 N–H and O–H groups in total. The molecule has 0 radical (unpaired) electrons. The minimum Gasteiger partial charge on any atom is -0.467 e. The van der Waals surface area contributed by atoms with Gasteiger partial charge in [-0.1, -0.05) is 0 Å². The number of hydrogen-bond acceptors (Lipinski definition) is 6. The van der Waals surface area contributed by atoms with Crippen LogP contribution in [0.1, 0.15) is 13.3 Å². The van der Waals surface area contributed by atoms with Gasteiger partial charge in [0.15, 0.2) is 9.84 Å². The molecule has 1 heterocycles. The van der Waals surface area contributed by atoms with Crippen molar-refractivity contribution in [3.63, 3.8) is 0 Å². The van der Waals surface area contributed by atoms with Gasteiger partial charge in [0.25, 0.3) is 0 Å². The van der Waals surface area contributed by atoms with Crippen molar-refractivity contribution < 1.29 is 22.7 Å². The second-order valence-electron chi connectivity index (χ2n) is 4.28. The van der Waals surface area contributed by atoms with E-state index in [2.05, 4.69) is 15.4 Å². The fourth-order valence-electron chi connectivity index (χ4n) is 1.76. The van der Waals surface area contributed by atoms with E-state index in [0.29, 0.717) is 6.54 Å². The predicted molar refractivity (Wildman–Crippen MR) is 64.7 cm³/mol. The van der Waals surface area contributed by atoms with Gasteiger partial charge in [0, 0.05) is 19.0 Å². The van der Waals surface area contributed by atoms with E-state index in [-0.39, 0.29) is 23.8 Å². The molecule has 0 aromatic rings. The Balaban J connectivity index is 2.43. The number of esters is 1. The van der Waals surface area contributed by atoms with E-state index in [1.165, 1.54) is 14.0 Å². The van der Waals surface area contributed by atoms with Crippen molar-refractivity contribution in [1.29, 1.82) is 0 Å². The topological polar surface area (TPSA) is 102 Å². The molecule has 0 aliphatic carbocycles. The van der Waals surface area contributed by atoms with E-state index in [1.54, 1.807) is 0 Å². The molecule has 1 fully saturated rings. The van der Waals surface area contributed by atoms with Gasteiger partial charge < -0.3 is 15.4 Å². The maximum absolute atomic E-state index is 11.6. The summed E-state index contributed by atoms with van der Waals surface area (Å²) >= 11 is 0. The van der Waals surface area contributed by atoms with Crippen LogP contribution in [-0.2, 0) is 24.2 Å². The van der Waals surface area contributed by atoms with Crippen molar-refractivity contribution in [3.05, 3.63) is 0 Å². The van der Waals surface area contributed by atoms with Crippen molar-refractivity contribution in [2.24, 2.45) is 0 Å². The number of hydrogen-bond donors (Lipinski definition) is 2. The third-order valence-electron chi connectivity index (χ3n) is 2.67. The van der Waals surface area contributed by atoms with Crippen molar-refractivity contribution >= 4 is 21.7 Å². The number of nitrogens with one attached hydrogen (secondary N) is 2. The summed E-state index contributed by atoms with van der Waals surface area (Å²) in [6, 6.07) is -1.13. The van der Waals surface area contributed by atoms with E-state index in [4.69, 9.17) is 0 Å². The Morgan fingerprint density at radius 1 is 1.50 bits per heavy atom. The summed E-state index contributed by atoms with van der Waals surface area (Å²) in [5.74, 6) is -0.855. The van der Waals surface area contributed by atoms with E-state index < -0.39 is 27.9 Å². The molecule has 8 heteroatoms. The summed E-state index contributed by atoms with van der Waals surface area (Å²) in [6.07, 6.45) is 0.0283. The normalized spacial score (nSPS) is 24.0. The Morgan fingerprint density at radius 3 is 2.72 bits per heavy atom. The van der Waals surface area contributed by atoms with Gasteiger partial charge in [-0.25, -0.2) is 13.2 Å². The summed E-state index contributed by atoms with van der Waals surface area (Å²) < 4.78 is 27.2. The number of carbonyl (C=O) groups is 2. The van der Waals surface area contributed by atoms with Crippen molar-refractivity contribution in [3.8, 4) is 0 Å². The van der Waals surface area contributed by atoms with Crippen LogP contribution in [0.4, 0.5) is 0 Å². The van der Waals surface area contributed by atoms with E-state index in [0.717, 1.165) is 0 Å². The van der Waals surface area contributed by atoms with Crippen molar-refractivity contribution in [2.45, 2.75) is 25.4 Å².